The fourth-order valence-electron chi connectivity index (χ4n) is 1.78. The highest BCUT2D eigenvalue weighted by Gasteiger charge is 2.15. The first-order valence-electron chi connectivity index (χ1n) is 5.45. The van der Waals surface area contributed by atoms with E-state index in [9.17, 15) is 4.79 Å². The monoisotopic (exact) mass is 286 g/mol. The lowest BCUT2D eigenvalue weighted by atomic mass is 10.0. The highest BCUT2D eigenvalue weighted by Crippen LogP contribution is 2.14. The molecule has 2 rings (SSSR count). The number of rotatable bonds is 3. The maximum absolute atomic E-state index is 11.7. The van der Waals surface area contributed by atoms with Crippen LogP contribution in [0.4, 0.5) is 0 Å². The van der Waals surface area contributed by atoms with Crippen LogP contribution in [0, 0.1) is 5.92 Å². The molecule has 1 aliphatic rings. The molecule has 0 unspecified atom stereocenters. The highest BCUT2D eigenvalue weighted by molar-refractivity contribution is 9.10. The van der Waals surface area contributed by atoms with Gasteiger partial charge in [0.1, 0.15) is 5.69 Å². The molecule has 88 valence electrons. The summed E-state index contributed by atoms with van der Waals surface area (Å²) in [6.07, 6.45) is 3.83. The Labute approximate surface area is 103 Å². The van der Waals surface area contributed by atoms with Gasteiger partial charge in [-0.3, -0.25) is 4.79 Å². The van der Waals surface area contributed by atoms with Crippen molar-refractivity contribution in [2.75, 3.05) is 19.8 Å². The Morgan fingerprint density at radius 2 is 2.31 bits per heavy atom. The van der Waals surface area contributed by atoms with E-state index < -0.39 is 0 Å². The normalized spacial score (nSPS) is 17.3. The van der Waals surface area contributed by atoms with Crippen molar-refractivity contribution in [3.63, 3.8) is 0 Å². The molecule has 1 aliphatic heterocycles. The summed E-state index contributed by atoms with van der Waals surface area (Å²) < 4.78 is 6.16. The standard InChI is InChI=1S/C11H15BrN2O2/c12-9-5-10(13-7-9)11(15)14-6-8-1-3-16-4-2-8/h5,7-8,13H,1-4,6H2,(H,14,15). The van der Waals surface area contributed by atoms with E-state index in [1.807, 2.05) is 0 Å². The van der Waals surface area contributed by atoms with E-state index in [4.69, 9.17) is 4.74 Å². The van der Waals surface area contributed by atoms with E-state index in [-0.39, 0.29) is 5.91 Å². The number of halogens is 1. The molecule has 0 saturated carbocycles. The molecule has 0 aromatic carbocycles. The second kappa shape index (κ2) is 5.50. The molecule has 2 N–H and O–H groups in total. The summed E-state index contributed by atoms with van der Waals surface area (Å²) in [6.45, 7) is 2.36. The highest BCUT2D eigenvalue weighted by atomic mass is 79.9. The first kappa shape index (κ1) is 11.7. The topological polar surface area (TPSA) is 54.1 Å². The maximum Gasteiger partial charge on any atom is 0.267 e. The first-order valence-corrected chi connectivity index (χ1v) is 6.25. The number of ether oxygens (including phenoxy) is 1. The van der Waals surface area contributed by atoms with E-state index in [1.165, 1.54) is 0 Å². The fourth-order valence-corrected chi connectivity index (χ4v) is 2.13. The summed E-state index contributed by atoms with van der Waals surface area (Å²) in [7, 11) is 0. The number of hydrogen-bond acceptors (Lipinski definition) is 2. The molecule has 0 aliphatic carbocycles. The average molecular weight is 287 g/mol. The molecule has 0 spiro atoms. The second-order valence-electron chi connectivity index (χ2n) is 4.00. The summed E-state index contributed by atoms with van der Waals surface area (Å²) in [5.74, 6) is 0.508. The minimum Gasteiger partial charge on any atom is -0.381 e. The van der Waals surface area contributed by atoms with E-state index in [0.29, 0.717) is 11.6 Å². The van der Waals surface area contributed by atoms with Crippen molar-refractivity contribution in [3.05, 3.63) is 22.4 Å². The molecular formula is C11H15BrN2O2. The van der Waals surface area contributed by atoms with Crippen LogP contribution in [0.15, 0.2) is 16.7 Å². The van der Waals surface area contributed by atoms with Crippen molar-refractivity contribution in [1.82, 2.24) is 10.3 Å². The van der Waals surface area contributed by atoms with Crippen LogP contribution < -0.4 is 5.32 Å². The Kier molecular flexibility index (Phi) is 4.01. The van der Waals surface area contributed by atoms with Gasteiger partial charge in [0.2, 0.25) is 0 Å². The number of amides is 1. The van der Waals surface area contributed by atoms with Gasteiger partial charge in [-0.25, -0.2) is 0 Å². The molecule has 5 heteroatoms. The maximum atomic E-state index is 11.7. The number of hydrogen-bond donors (Lipinski definition) is 2. The molecule has 4 nitrogen and oxygen atoms in total. The van der Waals surface area contributed by atoms with Crippen LogP contribution in [0.3, 0.4) is 0 Å². The molecule has 0 atom stereocenters. The zero-order valence-corrected chi connectivity index (χ0v) is 10.5. The Hall–Kier alpha value is -0.810. The van der Waals surface area contributed by atoms with Gasteiger partial charge in [0.05, 0.1) is 0 Å². The first-order chi connectivity index (χ1) is 7.75. The lowest BCUT2D eigenvalue weighted by molar-refractivity contribution is 0.0642. The van der Waals surface area contributed by atoms with Crippen LogP contribution in [-0.2, 0) is 4.74 Å². The second-order valence-corrected chi connectivity index (χ2v) is 4.91. The van der Waals surface area contributed by atoms with Crippen molar-refractivity contribution in [2.24, 2.45) is 5.92 Å². The molecule has 1 aromatic rings. The predicted molar refractivity (Wildman–Crippen MR) is 64.4 cm³/mol. The summed E-state index contributed by atoms with van der Waals surface area (Å²) in [5.41, 5.74) is 0.596. The largest absolute Gasteiger partial charge is 0.381 e. The van der Waals surface area contributed by atoms with Crippen LogP contribution in [-0.4, -0.2) is 30.6 Å². The van der Waals surface area contributed by atoms with Crippen LogP contribution >= 0.6 is 15.9 Å². The van der Waals surface area contributed by atoms with Crippen molar-refractivity contribution < 1.29 is 9.53 Å². The van der Waals surface area contributed by atoms with Crippen molar-refractivity contribution in [2.45, 2.75) is 12.8 Å². The minimum atomic E-state index is -0.0443. The molecular weight excluding hydrogens is 272 g/mol. The minimum absolute atomic E-state index is 0.0443. The quantitative estimate of drug-likeness (QED) is 0.892. The molecule has 1 fully saturated rings. The third-order valence-corrected chi connectivity index (χ3v) is 3.24. The third kappa shape index (κ3) is 3.09. The van der Waals surface area contributed by atoms with Gasteiger partial charge in [-0.2, -0.15) is 0 Å². The van der Waals surface area contributed by atoms with Crippen molar-refractivity contribution >= 4 is 21.8 Å². The van der Waals surface area contributed by atoms with Crippen LogP contribution in [0.5, 0.6) is 0 Å². The molecule has 16 heavy (non-hydrogen) atoms. The van der Waals surface area contributed by atoms with Gasteiger partial charge in [-0.05, 0) is 40.8 Å². The lowest BCUT2D eigenvalue weighted by Crippen LogP contribution is -2.32. The van der Waals surface area contributed by atoms with E-state index in [2.05, 4.69) is 26.2 Å². The van der Waals surface area contributed by atoms with Crippen molar-refractivity contribution in [1.29, 1.82) is 0 Å². The van der Waals surface area contributed by atoms with E-state index in [0.717, 1.165) is 37.1 Å². The Morgan fingerprint density at radius 1 is 1.56 bits per heavy atom. The van der Waals surface area contributed by atoms with Crippen LogP contribution in [0.25, 0.3) is 0 Å². The van der Waals surface area contributed by atoms with Crippen molar-refractivity contribution in [3.8, 4) is 0 Å². The van der Waals surface area contributed by atoms with Crippen LogP contribution in [0.1, 0.15) is 23.3 Å². The molecule has 1 aromatic heterocycles. The Morgan fingerprint density at radius 3 is 2.94 bits per heavy atom. The number of nitrogens with one attached hydrogen (secondary N) is 2. The number of H-pyrrole nitrogens is 1. The number of aromatic nitrogens is 1. The van der Waals surface area contributed by atoms with Gasteiger partial charge in [0.15, 0.2) is 0 Å². The Balaban J connectivity index is 1.79. The molecule has 0 bridgehead atoms. The number of carbonyl (C=O) groups is 1. The number of carbonyl (C=O) groups excluding carboxylic acids is 1. The summed E-state index contributed by atoms with van der Waals surface area (Å²) >= 11 is 3.30. The van der Waals surface area contributed by atoms with E-state index >= 15 is 0 Å². The number of aromatic amines is 1. The zero-order valence-electron chi connectivity index (χ0n) is 8.96. The molecule has 0 radical (unpaired) electrons. The van der Waals surface area contributed by atoms with Gasteiger partial charge in [-0.15, -0.1) is 0 Å². The zero-order chi connectivity index (χ0) is 11.4. The molecule has 1 amide bonds. The summed E-state index contributed by atoms with van der Waals surface area (Å²) in [6, 6.07) is 1.78. The third-order valence-electron chi connectivity index (χ3n) is 2.78. The van der Waals surface area contributed by atoms with Gasteiger partial charge in [0, 0.05) is 30.4 Å². The average Bonchev–Trinajstić information content (AvgIpc) is 2.74. The van der Waals surface area contributed by atoms with E-state index in [1.54, 1.807) is 12.3 Å². The SMILES string of the molecule is O=C(NCC1CCOCC1)c1cc(Br)c[nH]1. The predicted octanol–water partition coefficient (Wildman–Crippen LogP) is 1.93. The molecule has 1 saturated heterocycles. The van der Waals surface area contributed by atoms with Gasteiger partial charge in [-0.1, -0.05) is 0 Å². The smallest absolute Gasteiger partial charge is 0.267 e. The van der Waals surface area contributed by atoms with Gasteiger partial charge >= 0.3 is 0 Å². The fraction of sp³-hybridized carbons (Fsp3) is 0.545. The summed E-state index contributed by atoms with van der Waals surface area (Å²) in [5, 5.41) is 2.94. The van der Waals surface area contributed by atoms with Crippen LogP contribution in [0.2, 0.25) is 0 Å². The molecule has 2 heterocycles. The summed E-state index contributed by atoms with van der Waals surface area (Å²) in [4.78, 5) is 14.6. The van der Waals surface area contributed by atoms with Gasteiger partial charge in [0.25, 0.3) is 5.91 Å². The lowest BCUT2D eigenvalue weighted by Gasteiger charge is -2.21. The van der Waals surface area contributed by atoms with Gasteiger partial charge < -0.3 is 15.0 Å². The Bertz CT molecular complexity index is 359.